The summed E-state index contributed by atoms with van der Waals surface area (Å²) in [4.78, 5) is 19.7. The molecule has 0 saturated heterocycles. The second-order valence-corrected chi connectivity index (χ2v) is 7.50. The molecular weight excluding hydrogens is 394 g/mol. The van der Waals surface area contributed by atoms with Crippen LogP contribution in [0.5, 0.6) is 0 Å². The van der Waals surface area contributed by atoms with Crippen LogP contribution in [-0.4, -0.2) is 21.6 Å². The summed E-state index contributed by atoms with van der Waals surface area (Å²) in [7, 11) is 0. The van der Waals surface area contributed by atoms with Gasteiger partial charge in [-0.25, -0.2) is 9.37 Å². The SMILES string of the molecule is CC(SCC(=O)NCc1ccc(F)cc1C(F)(F)F)c1nc2ccccc2[nH]1. The number of aromatic amines is 1. The third-order valence-corrected chi connectivity index (χ3v) is 5.26. The molecule has 2 aromatic carbocycles. The zero-order chi connectivity index (χ0) is 20.3. The second-order valence-electron chi connectivity index (χ2n) is 6.17. The third-order valence-electron chi connectivity index (χ3n) is 4.11. The lowest BCUT2D eigenvalue weighted by Gasteiger charge is -2.14. The first-order chi connectivity index (χ1) is 13.2. The van der Waals surface area contributed by atoms with Gasteiger partial charge < -0.3 is 10.3 Å². The summed E-state index contributed by atoms with van der Waals surface area (Å²) in [6.45, 7) is 1.56. The van der Waals surface area contributed by atoms with E-state index in [1.165, 1.54) is 11.8 Å². The number of benzene rings is 2. The Balaban J connectivity index is 1.56. The Morgan fingerprint density at radius 3 is 2.71 bits per heavy atom. The normalized spacial score (nSPS) is 12.9. The Labute approximate surface area is 162 Å². The number of carbonyl (C=O) groups excluding carboxylic acids is 1. The number of nitrogens with zero attached hydrogens (tertiary/aromatic N) is 1. The number of rotatable bonds is 6. The molecule has 0 aliphatic heterocycles. The zero-order valence-corrected chi connectivity index (χ0v) is 15.6. The van der Waals surface area contributed by atoms with Gasteiger partial charge in [-0.2, -0.15) is 13.2 Å². The van der Waals surface area contributed by atoms with Gasteiger partial charge in [0.1, 0.15) is 11.6 Å². The maximum atomic E-state index is 13.1. The van der Waals surface area contributed by atoms with Crippen LogP contribution in [0.3, 0.4) is 0 Å². The van der Waals surface area contributed by atoms with E-state index in [-0.39, 0.29) is 23.1 Å². The molecule has 4 nitrogen and oxygen atoms in total. The van der Waals surface area contributed by atoms with Gasteiger partial charge in [0.05, 0.1) is 27.6 Å². The Morgan fingerprint density at radius 1 is 1.25 bits per heavy atom. The highest BCUT2D eigenvalue weighted by atomic mass is 32.2. The van der Waals surface area contributed by atoms with Crippen LogP contribution < -0.4 is 5.32 Å². The van der Waals surface area contributed by atoms with E-state index in [2.05, 4.69) is 15.3 Å². The third kappa shape index (κ3) is 4.83. The van der Waals surface area contributed by atoms with Crippen LogP contribution in [0.1, 0.15) is 29.1 Å². The molecule has 0 aliphatic carbocycles. The molecule has 1 unspecified atom stereocenters. The molecule has 0 saturated carbocycles. The van der Waals surface area contributed by atoms with Gasteiger partial charge in [0, 0.05) is 6.54 Å². The first-order valence-corrected chi connectivity index (χ1v) is 9.47. The molecule has 1 amide bonds. The van der Waals surface area contributed by atoms with Crippen molar-refractivity contribution in [3.05, 3.63) is 65.2 Å². The van der Waals surface area contributed by atoms with Crippen molar-refractivity contribution in [1.82, 2.24) is 15.3 Å². The minimum atomic E-state index is -4.69. The van der Waals surface area contributed by atoms with Crippen molar-refractivity contribution in [3.8, 4) is 0 Å². The number of aromatic nitrogens is 2. The molecule has 2 N–H and O–H groups in total. The number of carbonyl (C=O) groups is 1. The zero-order valence-electron chi connectivity index (χ0n) is 14.8. The van der Waals surface area contributed by atoms with Crippen molar-refractivity contribution in [2.75, 3.05) is 5.75 Å². The molecule has 0 aliphatic rings. The Kier molecular flexibility index (Phi) is 5.93. The van der Waals surface area contributed by atoms with Crippen LogP contribution in [0, 0.1) is 5.82 Å². The number of hydrogen-bond acceptors (Lipinski definition) is 3. The van der Waals surface area contributed by atoms with E-state index < -0.39 is 23.5 Å². The minimum absolute atomic E-state index is 0.0563. The van der Waals surface area contributed by atoms with Crippen molar-refractivity contribution >= 4 is 28.7 Å². The summed E-state index contributed by atoms with van der Waals surface area (Å²) < 4.78 is 52.1. The maximum Gasteiger partial charge on any atom is 0.416 e. The largest absolute Gasteiger partial charge is 0.416 e. The molecule has 3 aromatic rings. The fourth-order valence-electron chi connectivity index (χ4n) is 2.66. The quantitative estimate of drug-likeness (QED) is 0.571. The van der Waals surface area contributed by atoms with E-state index in [4.69, 9.17) is 0 Å². The van der Waals surface area contributed by atoms with Crippen molar-refractivity contribution in [3.63, 3.8) is 0 Å². The van der Waals surface area contributed by atoms with Gasteiger partial charge in [-0.15, -0.1) is 11.8 Å². The standard InChI is InChI=1S/C19H17F4N3OS/c1-11(18-25-15-4-2-3-5-16(15)26-18)28-10-17(27)24-9-12-6-7-13(20)8-14(12)19(21,22)23/h2-8,11H,9-10H2,1H3,(H,24,27)(H,25,26). The average Bonchev–Trinajstić information content (AvgIpc) is 3.08. The summed E-state index contributed by atoms with van der Waals surface area (Å²) >= 11 is 1.31. The summed E-state index contributed by atoms with van der Waals surface area (Å²) in [5, 5.41) is 2.35. The summed E-state index contributed by atoms with van der Waals surface area (Å²) in [6.07, 6.45) is -4.69. The van der Waals surface area contributed by atoms with Crippen LogP contribution in [0.2, 0.25) is 0 Å². The van der Waals surface area contributed by atoms with E-state index in [9.17, 15) is 22.4 Å². The number of H-pyrrole nitrogens is 1. The van der Waals surface area contributed by atoms with Gasteiger partial charge in [-0.3, -0.25) is 4.79 Å². The second kappa shape index (κ2) is 8.22. The van der Waals surface area contributed by atoms with E-state index in [0.717, 1.165) is 29.0 Å². The summed E-state index contributed by atoms with van der Waals surface area (Å²) in [6, 6.07) is 9.94. The number of fused-ring (bicyclic) bond motifs is 1. The number of alkyl halides is 3. The lowest BCUT2D eigenvalue weighted by Crippen LogP contribution is -2.26. The van der Waals surface area contributed by atoms with Gasteiger partial charge >= 0.3 is 6.18 Å². The maximum absolute atomic E-state index is 13.1. The minimum Gasteiger partial charge on any atom is -0.351 e. The van der Waals surface area contributed by atoms with E-state index in [1.54, 1.807) is 0 Å². The summed E-state index contributed by atoms with van der Waals surface area (Å²) in [5.41, 5.74) is 0.449. The van der Waals surface area contributed by atoms with Gasteiger partial charge in [-0.05, 0) is 36.8 Å². The Bertz CT molecular complexity index is 954. The van der Waals surface area contributed by atoms with E-state index in [0.29, 0.717) is 6.07 Å². The number of hydrogen-bond donors (Lipinski definition) is 2. The molecule has 148 valence electrons. The number of halogens is 4. The highest BCUT2D eigenvalue weighted by Crippen LogP contribution is 2.32. The van der Waals surface area contributed by atoms with E-state index in [1.807, 2.05) is 31.2 Å². The van der Waals surface area contributed by atoms with Crippen molar-refractivity contribution < 1.29 is 22.4 Å². The number of amides is 1. The molecule has 1 heterocycles. The average molecular weight is 411 g/mol. The molecule has 1 atom stereocenters. The highest BCUT2D eigenvalue weighted by Gasteiger charge is 2.33. The molecule has 9 heteroatoms. The predicted octanol–water partition coefficient (Wildman–Crippen LogP) is 4.83. The molecule has 28 heavy (non-hydrogen) atoms. The van der Waals surface area contributed by atoms with Gasteiger partial charge in [-0.1, -0.05) is 18.2 Å². The van der Waals surface area contributed by atoms with Crippen LogP contribution in [0.4, 0.5) is 17.6 Å². The number of thioether (sulfide) groups is 1. The van der Waals surface area contributed by atoms with E-state index >= 15 is 0 Å². The monoisotopic (exact) mass is 411 g/mol. The summed E-state index contributed by atoms with van der Waals surface area (Å²) in [5.74, 6) is -0.610. The molecule has 0 radical (unpaired) electrons. The van der Waals surface area contributed by atoms with Gasteiger partial charge in [0.2, 0.25) is 5.91 Å². The molecular formula is C19H17F4N3OS. The lowest BCUT2D eigenvalue weighted by molar-refractivity contribution is -0.138. The van der Waals surface area contributed by atoms with Gasteiger partial charge in [0.25, 0.3) is 0 Å². The fraction of sp³-hybridized carbons (Fsp3) is 0.263. The lowest BCUT2D eigenvalue weighted by atomic mass is 10.1. The Morgan fingerprint density at radius 2 is 2.00 bits per heavy atom. The molecule has 0 fully saturated rings. The Hall–Kier alpha value is -2.55. The number of para-hydroxylation sites is 2. The van der Waals surface area contributed by atoms with Crippen LogP contribution in [0.15, 0.2) is 42.5 Å². The van der Waals surface area contributed by atoms with Crippen molar-refractivity contribution in [1.29, 1.82) is 0 Å². The smallest absolute Gasteiger partial charge is 0.351 e. The fourth-order valence-corrected chi connectivity index (χ4v) is 3.43. The molecule has 0 spiro atoms. The van der Waals surface area contributed by atoms with Gasteiger partial charge in [0.15, 0.2) is 0 Å². The predicted molar refractivity (Wildman–Crippen MR) is 100 cm³/mol. The van der Waals surface area contributed by atoms with Crippen molar-refractivity contribution in [2.45, 2.75) is 24.9 Å². The molecule has 1 aromatic heterocycles. The first-order valence-electron chi connectivity index (χ1n) is 8.42. The number of nitrogens with one attached hydrogen (secondary N) is 2. The van der Waals surface area contributed by atoms with Crippen molar-refractivity contribution in [2.24, 2.45) is 0 Å². The van der Waals surface area contributed by atoms with Crippen LogP contribution in [0.25, 0.3) is 11.0 Å². The molecule has 3 rings (SSSR count). The highest BCUT2D eigenvalue weighted by molar-refractivity contribution is 8.00. The first kappa shape index (κ1) is 20.2. The molecule has 0 bridgehead atoms. The topological polar surface area (TPSA) is 57.8 Å². The van der Waals surface area contributed by atoms with Crippen LogP contribution in [-0.2, 0) is 17.5 Å². The number of imidazole rings is 1. The van der Waals surface area contributed by atoms with Crippen LogP contribution >= 0.6 is 11.8 Å².